The molecule has 0 spiro atoms. The van der Waals surface area contributed by atoms with Crippen LogP contribution in [-0.4, -0.2) is 31.1 Å². The number of sulfonamides is 1. The average Bonchev–Trinajstić information content (AvgIpc) is 3.35. The maximum atomic E-state index is 13.0. The quantitative estimate of drug-likeness (QED) is 0.749. The Morgan fingerprint density at radius 1 is 1.15 bits per heavy atom. The Bertz CT molecular complexity index is 903. The van der Waals surface area contributed by atoms with Gasteiger partial charge in [-0.3, -0.25) is 0 Å². The molecule has 2 aliphatic rings. The van der Waals surface area contributed by atoms with Gasteiger partial charge in [0.05, 0.1) is 12.4 Å². The number of aryl methyl sites for hydroxylation is 2. The molecule has 2 aromatic rings. The first-order valence-corrected chi connectivity index (χ1v) is 10.9. The number of fused-ring (bicyclic) bond motifs is 1. The second-order valence-electron chi connectivity index (χ2n) is 7.31. The van der Waals surface area contributed by atoms with Crippen LogP contribution in [0, 0.1) is 6.92 Å². The second-order valence-corrected chi connectivity index (χ2v) is 9.35. The van der Waals surface area contributed by atoms with Crippen LogP contribution in [0.1, 0.15) is 35.1 Å². The fourth-order valence-electron chi connectivity index (χ4n) is 3.53. The van der Waals surface area contributed by atoms with E-state index < -0.39 is 10.0 Å². The Balaban J connectivity index is 1.47. The standard InChI is InChI=1S/C21H25NO3S/c1-16-4-2-3-5-19(16)15-22(20-7-8-20)26(23,24)13-11-17-6-9-21-18(14-17)10-12-25-21/h2-6,9,14,20H,7-8,10-13,15H2,1H3. The zero-order chi connectivity index (χ0) is 18.1. The molecule has 1 aliphatic carbocycles. The molecule has 0 N–H and O–H groups in total. The number of nitrogens with zero attached hydrogens (tertiary/aromatic N) is 1. The van der Waals surface area contributed by atoms with Gasteiger partial charge in [-0.05, 0) is 54.5 Å². The first kappa shape index (κ1) is 17.6. The lowest BCUT2D eigenvalue weighted by atomic mass is 10.1. The van der Waals surface area contributed by atoms with Crippen molar-refractivity contribution in [2.24, 2.45) is 0 Å². The topological polar surface area (TPSA) is 46.6 Å². The van der Waals surface area contributed by atoms with E-state index >= 15 is 0 Å². The van der Waals surface area contributed by atoms with Gasteiger partial charge in [0.2, 0.25) is 10.0 Å². The molecule has 26 heavy (non-hydrogen) atoms. The third kappa shape index (κ3) is 3.79. The highest BCUT2D eigenvalue weighted by Crippen LogP contribution is 2.32. The molecule has 0 bridgehead atoms. The minimum absolute atomic E-state index is 0.162. The third-order valence-corrected chi connectivity index (χ3v) is 7.16. The van der Waals surface area contributed by atoms with E-state index in [0.29, 0.717) is 13.0 Å². The number of ether oxygens (including phenoxy) is 1. The Morgan fingerprint density at radius 3 is 2.73 bits per heavy atom. The van der Waals surface area contributed by atoms with E-state index in [1.54, 1.807) is 4.31 Å². The molecule has 0 aromatic heterocycles. The van der Waals surface area contributed by atoms with Crippen LogP contribution in [0.3, 0.4) is 0 Å². The van der Waals surface area contributed by atoms with Gasteiger partial charge < -0.3 is 4.74 Å². The highest BCUT2D eigenvalue weighted by atomic mass is 32.2. The molecule has 4 rings (SSSR count). The van der Waals surface area contributed by atoms with Crippen molar-refractivity contribution in [1.82, 2.24) is 4.31 Å². The molecular weight excluding hydrogens is 346 g/mol. The molecule has 0 saturated heterocycles. The van der Waals surface area contributed by atoms with Crippen LogP contribution in [-0.2, 0) is 29.4 Å². The largest absolute Gasteiger partial charge is 0.493 e. The summed E-state index contributed by atoms with van der Waals surface area (Å²) in [7, 11) is -3.28. The van der Waals surface area contributed by atoms with Crippen LogP contribution >= 0.6 is 0 Å². The minimum Gasteiger partial charge on any atom is -0.493 e. The van der Waals surface area contributed by atoms with Crippen LogP contribution in [0.2, 0.25) is 0 Å². The summed E-state index contributed by atoms with van der Waals surface area (Å²) in [4.78, 5) is 0. The van der Waals surface area contributed by atoms with Crippen LogP contribution in [0.15, 0.2) is 42.5 Å². The predicted molar refractivity (Wildman–Crippen MR) is 103 cm³/mol. The molecule has 1 aliphatic heterocycles. The third-order valence-electron chi connectivity index (χ3n) is 5.30. The summed E-state index contributed by atoms with van der Waals surface area (Å²) >= 11 is 0. The van der Waals surface area contributed by atoms with Crippen LogP contribution in [0.5, 0.6) is 5.75 Å². The number of hydrogen-bond acceptors (Lipinski definition) is 3. The summed E-state index contributed by atoms with van der Waals surface area (Å²) < 4.78 is 33.3. The van der Waals surface area contributed by atoms with E-state index in [1.165, 1.54) is 5.56 Å². The lowest BCUT2D eigenvalue weighted by Gasteiger charge is -2.23. The molecular formula is C21H25NO3S. The smallest absolute Gasteiger partial charge is 0.214 e. The molecule has 2 aromatic carbocycles. The van der Waals surface area contributed by atoms with Crippen molar-refractivity contribution in [3.63, 3.8) is 0 Å². The van der Waals surface area contributed by atoms with Crippen molar-refractivity contribution in [2.75, 3.05) is 12.4 Å². The summed E-state index contributed by atoms with van der Waals surface area (Å²) in [6, 6.07) is 14.3. The van der Waals surface area contributed by atoms with E-state index in [0.717, 1.165) is 48.3 Å². The molecule has 4 nitrogen and oxygen atoms in total. The van der Waals surface area contributed by atoms with Crippen LogP contribution < -0.4 is 4.74 Å². The Morgan fingerprint density at radius 2 is 1.96 bits per heavy atom. The molecule has 0 atom stereocenters. The summed E-state index contributed by atoms with van der Waals surface area (Å²) in [5.41, 5.74) is 4.51. The van der Waals surface area contributed by atoms with Gasteiger partial charge in [-0.15, -0.1) is 0 Å². The maximum Gasteiger partial charge on any atom is 0.214 e. The molecule has 138 valence electrons. The van der Waals surface area contributed by atoms with Gasteiger partial charge in [-0.1, -0.05) is 36.4 Å². The second kappa shape index (κ2) is 7.05. The highest BCUT2D eigenvalue weighted by molar-refractivity contribution is 7.89. The van der Waals surface area contributed by atoms with E-state index in [-0.39, 0.29) is 11.8 Å². The number of benzene rings is 2. The van der Waals surface area contributed by atoms with Gasteiger partial charge >= 0.3 is 0 Å². The first-order chi connectivity index (χ1) is 12.5. The SMILES string of the molecule is Cc1ccccc1CN(C1CC1)S(=O)(=O)CCc1ccc2c(c1)CCO2. The molecule has 0 unspecified atom stereocenters. The number of rotatable bonds is 7. The summed E-state index contributed by atoms with van der Waals surface area (Å²) in [6.07, 6.45) is 3.41. The Hall–Kier alpha value is -1.85. The molecule has 0 amide bonds. The van der Waals surface area contributed by atoms with Crippen molar-refractivity contribution in [3.8, 4) is 5.75 Å². The van der Waals surface area contributed by atoms with Gasteiger partial charge in [-0.2, -0.15) is 4.31 Å². The van der Waals surface area contributed by atoms with Crippen molar-refractivity contribution in [3.05, 3.63) is 64.7 Å². The van der Waals surface area contributed by atoms with Gasteiger partial charge in [0.15, 0.2) is 0 Å². The molecule has 1 fully saturated rings. The zero-order valence-corrected chi connectivity index (χ0v) is 16.0. The Kier molecular flexibility index (Phi) is 4.76. The van der Waals surface area contributed by atoms with Gasteiger partial charge in [-0.25, -0.2) is 8.42 Å². The normalized spacial score (nSPS) is 16.5. The van der Waals surface area contributed by atoms with Crippen LogP contribution in [0.25, 0.3) is 0 Å². The summed E-state index contributed by atoms with van der Waals surface area (Å²) in [6.45, 7) is 3.25. The first-order valence-electron chi connectivity index (χ1n) is 9.31. The maximum absolute atomic E-state index is 13.0. The van der Waals surface area contributed by atoms with Gasteiger partial charge in [0.1, 0.15) is 5.75 Å². The lowest BCUT2D eigenvalue weighted by molar-refractivity contribution is 0.357. The molecule has 1 heterocycles. The Labute approximate surface area is 155 Å². The lowest BCUT2D eigenvalue weighted by Crippen LogP contribution is -2.35. The van der Waals surface area contributed by atoms with E-state index in [2.05, 4.69) is 6.07 Å². The van der Waals surface area contributed by atoms with E-state index in [1.807, 2.05) is 43.3 Å². The van der Waals surface area contributed by atoms with Crippen molar-refractivity contribution in [1.29, 1.82) is 0 Å². The van der Waals surface area contributed by atoms with Crippen molar-refractivity contribution >= 4 is 10.0 Å². The van der Waals surface area contributed by atoms with Gasteiger partial charge in [0, 0.05) is 19.0 Å². The van der Waals surface area contributed by atoms with Crippen molar-refractivity contribution < 1.29 is 13.2 Å². The summed E-state index contributed by atoms with van der Waals surface area (Å²) in [5, 5.41) is 0. The fourth-order valence-corrected chi connectivity index (χ4v) is 5.26. The zero-order valence-electron chi connectivity index (χ0n) is 15.1. The van der Waals surface area contributed by atoms with Crippen LogP contribution in [0.4, 0.5) is 0 Å². The van der Waals surface area contributed by atoms with Gasteiger partial charge in [0.25, 0.3) is 0 Å². The minimum atomic E-state index is -3.28. The van der Waals surface area contributed by atoms with E-state index in [9.17, 15) is 8.42 Å². The van der Waals surface area contributed by atoms with Crippen molar-refractivity contribution in [2.45, 2.75) is 45.2 Å². The predicted octanol–water partition coefficient (Wildman–Crippen LogP) is 3.47. The molecule has 5 heteroatoms. The molecule has 0 radical (unpaired) electrons. The monoisotopic (exact) mass is 371 g/mol. The molecule has 1 saturated carbocycles. The highest BCUT2D eigenvalue weighted by Gasteiger charge is 2.37. The average molecular weight is 372 g/mol. The van der Waals surface area contributed by atoms with E-state index in [4.69, 9.17) is 4.74 Å². The summed E-state index contributed by atoms with van der Waals surface area (Å²) in [5.74, 6) is 1.10. The number of hydrogen-bond donors (Lipinski definition) is 0. The fraction of sp³-hybridized carbons (Fsp3) is 0.429.